The maximum atomic E-state index is 13.1. The first-order valence-electron chi connectivity index (χ1n) is 6.09. The third-order valence-corrected chi connectivity index (χ3v) is 2.73. The van der Waals surface area contributed by atoms with Gasteiger partial charge in [0.15, 0.2) is 0 Å². The minimum atomic E-state index is -0.205. The molecule has 2 aromatic rings. The summed E-state index contributed by atoms with van der Waals surface area (Å²) in [5, 5.41) is 2.92. The zero-order valence-corrected chi connectivity index (χ0v) is 11.1. The highest BCUT2D eigenvalue weighted by Crippen LogP contribution is 2.08. The molecule has 1 N–H and O–H groups in total. The van der Waals surface area contributed by atoms with Gasteiger partial charge in [-0.05, 0) is 24.7 Å². The molecule has 0 saturated carbocycles. The highest BCUT2D eigenvalue weighted by Gasteiger charge is 2.04. The molecule has 0 aliphatic rings. The van der Waals surface area contributed by atoms with Gasteiger partial charge in [0.2, 0.25) is 0 Å². The number of hydrogen-bond acceptors (Lipinski definition) is 4. The van der Waals surface area contributed by atoms with E-state index >= 15 is 0 Å². The van der Waals surface area contributed by atoms with Crippen LogP contribution in [0.1, 0.15) is 11.3 Å². The number of nitrogens with zero attached hydrogens (tertiary/aromatic N) is 3. The van der Waals surface area contributed by atoms with Gasteiger partial charge in [0, 0.05) is 20.1 Å². The van der Waals surface area contributed by atoms with Crippen LogP contribution in [0.5, 0.6) is 0 Å². The van der Waals surface area contributed by atoms with Crippen molar-refractivity contribution < 1.29 is 4.39 Å². The topological polar surface area (TPSA) is 41.1 Å². The molecule has 0 bridgehead atoms. The molecule has 0 radical (unpaired) electrons. The molecule has 0 atom stereocenters. The third kappa shape index (κ3) is 3.99. The van der Waals surface area contributed by atoms with Crippen molar-refractivity contribution >= 4 is 5.82 Å². The van der Waals surface area contributed by atoms with E-state index < -0.39 is 0 Å². The predicted molar refractivity (Wildman–Crippen MR) is 73.1 cm³/mol. The second kappa shape index (κ2) is 6.24. The molecule has 0 aliphatic heterocycles. The molecule has 0 saturated heterocycles. The summed E-state index contributed by atoms with van der Waals surface area (Å²) in [6.45, 7) is 1.35. The third-order valence-electron chi connectivity index (χ3n) is 2.73. The minimum absolute atomic E-state index is 0.205. The maximum Gasteiger partial charge on any atom is 0.144 e. The van der Waals surface area contributed by atoms with Crippen LogP contribution in [0.3, 0.4) is 0 Å². The van der Waals surface area contributed by atoms with E-state index in [9.17, 15) is 4.39 Å². The van der Waals surface area contributed by atoms with Gasteiger partial charge >= 0.3 is 0 Å². The van der Waals surface area contributed by atoms with Crippen LogP contribution in [0, 0.1) is 5.82 Å². The van der Waals surface area contributed by atoms with Gasteiger partial charge in [-0.1, -0.05) is 12.1 Å². The second-order valence-corrected chi connectivity index (χ2v) is 4.45. The molecule has 0 unspecified atom stereocenters. The van der Waals surface area contributed by atoms with Crippen LogP contribution in [0.4, 0.5) is 10.2 Å². The van der Waals surface area contributed by atoms with Gasteiger partial charge in [-0.2, -0.15) is 0 Å². The Labute approximate surface area is 112 Å². The summed E-state index contributed by atoms with van der Waals surface area (Å²) in [6, 6.07) is 6.63. The molecule has 1 aromatic heterocycles. The first-order valence-corrected chi connectivity index (χ1v) is 6.09. The van der Waals surface area contributed by atoms with E-state index in [1.807, 2.05) is 13.1 Å². The molecule has 1 heterocycles. The standard InChI is InChI=1S/C14H17FN4/c1-16-14-8-17-13(7-18-14)10-19(2)9-11-4-3-5-12(15)6-11/h3-8H,9-10H2,1-2H3,(H,16,18). The smallest absolute Gasteiger partial charge is 0.144 e. The Hall–Kier alpha value is -2.01. The first kappa shape index (κ1) is 13.4. The lowest BCUT2D eigenvalue weighted by Crippen LogP contribution is -2.18. The van der Waals surface area contributed by atoms with Crippen LogP contribution in [0.25, 0.3) is 0 Å². The first-order chi connectivity index (χ1) is 9.17. The molecule has 0 aliphatic carbocycles. The van der Waals surface area contributed by atoms with Crippen molar-refractivity contribution in [2.45, 2.75) is 13.1 Å². The number of hydrogen-bond donors (Lipinski definition) is 1. The van der Waals surface area contributed by atoms with Crippen molar-refractivity contribution in [3.05, 3.63) is 53.7 Å². The lowest BCUT2D eigenvalue weighted by atomic mass is 10.2. The van der Waals surface area contributed by atoms with E-state index in [1.54, 1.807) is 31.6 Å². The fourth-order valence-electron chi connectivity index (χ4n) is 1.84. The zero-order valence-electron chi connectivity index (χ0n) is 11.1. The Balaban J connectivity index is 1.95. The average molecular weight is 260 g/mol. The Kier molecular flexibility index (Phi) is 4.41. The highest BCUT2D eigenvalue weighted by atomic mass is 19.1. The summed E-state index contributed by atoms with van der Waals surface area (Å²) in [6.07, 6.45) is 3.44. The fourth-order valence-corrected chi connectivity index (χ4v) is 1.84. The van der Waals surface area contributed by atoms with Gasteiger partial charge < -0.3 is 5.32 Å². The molecular weight excluding hydrogens is 243 g/mol. The monoisotopic (exact) mass is 260 g/mol. The number of anilines is 1. The van der Waals surface area contributed by atoms with Crippen LogP contribution >= 0.6 is 0 Å². The lowest BCUT2D eigenvalue weighted by Gasteiger charge is -2.16. The van der Waals surface area contributed by atoms with Gasteiger partial charge in [0.1, 0.15) is 11.6 Å². The number of nitrogens with one attached hydrogen (secondary N) is 1. The average Bonchev–Trinajstić information content (AvgIpc) is 2.39. The molecular formula is C14H17FN4. The Morgan fingerprint density at radius 2 is 2.05 bits per heavy atom. The molecule has 100 valence electrons. The normalized spacial score (nSPS) is 10.7. The summed E-state index contributed by atoms with van der Waals surface area (Å²) >= 11 is 0. The predicted octanol–water partition coefficient (Wildman–Crippen LogP) is 2.29. The van der Waals surface area contributed by atoms with Crippen molar-refractivity contribution in [2.75, 3.05) is 19.4 Å². The number of aromatic nitrogens is 2. The molecule has 1 aromatic carbocycles. The minimum Gasteiger partial charge on any atom is -0.372 e. The van der Waals surface area contributed by atoms with Crippen molar-refractivity contribution in [3.8, 4) is 0 Å². The quantitative estimate of drug-likeness (QED) is 0.895. The molecule has 0 fully saturated rings. The zero-order chi connectivity index (χ0) is 13.7. The van der Waals surface area contributed by atoms with Gasteiger partial charge in [0.05, 0.1) is 18.1 Å². The van der Waals surface area contributed by atoms with E-state index in [4.69, 9.17) is 0 Å². The van der Waals surface area contributed by atoms with Crippen LogP contribution in [-0.4, -0.2) is 29.0 Å². The summed E-state index contributed by atoms with van der Waals surface area (Å²) in [4.78, 5) is 10.6. The molecule has 0 amide bonds. The molecule has 19 heavy (non-hydrogen) atoms. The van der Waals surface area contributed by atoms with Crippen LogP contribution < -0.4 is 5.32 Å². The van der Waals surface area contributed by atoms with E-state index in [0.717, 1.165) is 17.1 Å². The van der Waals surface area contributed by atoms with Crippen LogP contribution in [-0.2, 0) is 13.1 Å². The van der Waals surface area contributed by atoms with E-state index in [2.05, 4.69) is 20.2 Å². The summed E-state index contributed by atoms with van der Waals surface area (Å²) in [7, 11) is 3.78. The Morgan fingerprint density at radius 3 is 2.68 bits per heavy atom. The van der Waals surface area contributed by atoms with Gasteiger partial charge in [-0.3, -0.25) is 9.88 Å². The molecule has 2 rings (SSSR count). The highest BCUT2D eigenvalue weighted by molar-refractivity contribution is 5.29. The van der Waals surface area contributed by atoms with Crippen molar-refractivity contribution in [1.29, 1.82) is 0 Å². The SMILES string of the molecule is CNc1cnc(CN(C)Cc2cccc(F)c2)cn1. The second-order valence-electron chi connectivity index (χ2n) is 4.45. The largest absolute Gasteiger partial charge is 0.372 e. The fraction of sp³-hybridized carbons (Fsp3) is 0.286. The van der Waals surface area contributed by atoms with Gasteiger partial charge in [-0.25, -0.2) is 9.37 Å². The number of halogens is 1. The molecule has 0 spiro atoms. The Bertz CT molecular complexity index is 527. The van der Waals surface area contributed by atoms with E-state index in [0.29, 0.717) is 13.1 Å². The van der Waals surface area contributed by atoms with Gasteiger partial charge in [0.25, 0.3) is 0 Å². The Morgan fingerprint density at radius 1 is 1.21 bits per heavy atom. The van der Waals surface area contributed by atoms with Crippen molar-refractivity contribution in [3.63, 3.8) is 0 Å². The van der Waals surface area contributed by atoms with Crippen LogP contribution in [0.2, 0.25) is 0 Å². The molecule has 5 heteroatoms. The van der Waals surface area contributed by atoms with E-state index in [-0.39, 0.29) is 5.82 Å². The van der Waals surface area contributed by atoms with E-state index in [1.165, 1.54) is 6.07 Å². The maximum absolute atomic E-state index is 13.1. The van der Waals surface area contributed by atoms with Crippen molar-refractivity contribution in [1.82, 2.24) is 14.9 Å². The number of rotatable bonds is 5. The lowest BCUT2D eigenvalue weighted by molar-refractivity contribution is 0.314. The van der Waals surface area contributed by atoms with Gasteiger partial charge in [-0.15, -0.1) is 0 Å². The van der Waals surface area contributed by atoms with Crippen molar-refractivity contribution in [2.24, 2.45) is 0 Å². The summed E-state index contributed by atoms with van der Waals surface area (Å²) in [5.74, 6) is 0.542. The molecule has 4 nitrogen and oxygen atoms in total. The van der Waals surface area contributed by atoms with Crippen LogP contribution in [0.15, 0.2) is 36.7 Å². The number of benzene rings is 1. The summed E-state index contributed by atoms with van der Waals surface area (Å²) in [5.41, 5.74) is 1.83. The summed E-state index contributed by atoms with van der Waals surface area (Å²) < 4.78 is 13.1.